The monoisotopic (exact) mass is 246 g/mol. The molecule has 1 unspecified atom stereocenters. The highest BCUT2D eigenvalue weighted by Gasteiger charge is 2.37. The average molecular weight is 246 g/mol. The minimum absolute atomic E-state index is 0.0324. The first-order valence-corrected chi connectivity index (χ1v) is 6.30. The van der Waals surface area contributed by atoms with Crippen molar-refractivity contribution in [1.29, 1.82) is 0 Å². The lowest BCUT2D eigenvalue weighted by Gasteiger charge is -2.45. The largest absolute Gasteiger partial charge is 0.383 e. The fourth-order valence-electron chi connectivity index (χ4n) is 2.37. The van der Waals surface area contributed by atoms with Gasteiger partial charge in [0.1, 0.15) is 0 Å². The summed E-state index contributed by atoms with van der Waals surface area (Å²) in [5.41, 5.74) is 5.95. The number of nitrogens with two attached hydrogens (primary N) is 1. The topological polar surface area (TPSA) is 57.0 Å². The lowest BCUT2D eigenvalue weighted by molar-refractivity contribution is -0.0579. The molecule has 1 fully saturated rings. The van der Waals surface area contributed by atoms with Crippen molar-refractivity contribution in [2.24, 2.45) is 5.73 Å². The van der Waals surface area contributed by atoms with Crippen molar-refractivity contribution in [3.05, 3.63) is 0 Å². The van der Waals surface area contributed by atoms with E-state index < -0.39 is 0 Å². The van der Waals surface area contributed by atoms with E-state index in [1.165, 1.54) is 0 Å². The Labute approximate surface area is 104 Å². The van der Waals surface area contributed by atoms with Gasteiger partial charge >= 0.3 is 0 Å². The molecule has 0 aliphatic carbocycles. The Balaban J connectivity index is 2.61. The first kappa shape index (κ1) is 14.9. The molecule has 5 heteroatoms. The Kier molecular flexibility index (Phi) is 6.99. The van der Waals surface area contributed by atoms with Crippen LogP contribution in [0.1, 0.15) is 12.8 Å². The summed E-state index contributed by atoms with van der Waals surface area (Å²) in [7, 11) is 3.45. The molecule has 2 N–H and O–H groups in total. The van der Waals surface area contributed by atoms with Crippen molar-refractivity contribution >= 4 is 0 Å². The normalized spacial score (nSPS) is 25.4. The van der Waals surface area contributed by atoms with E-state index in [2.05, 4.69) is 4.90 Å². The maximum absolute atomic E-state index is 5.98. The van der Waals surface area contributed by atoms with Gasteiger partial charge in [-0.05, 0) is 12.8 Å². The van der Waals surface area contributed by atoms with Crippen LogP contribution in [-0.4, -0.2) is 70.7 Å². The Hall–Kier alpha value is -0.200. The van der Waals surface area contributed by atoms with Crippen LogP contribution in [0.2, 0.25) is 0 Å². The third kappa shape index (κ3) is 4.19. The summed E-state index contributed by atoms with van der Waals surface area (Å²) >= 11 is 0. The first-order chi connectivity index (χ1) is 8.29. The van der Waals surface area contributed by atoms with E-state index in [4.69, 9.17) is 19.9 Å². The average Bonchev–Trinajstić information content (AvgIpc) is 2.39. The van der Waals surface area contributed by atoms with Gasteiger partial charge < -0.3 is 19.9 Å². The predicted octanol–water partition coefficient (Wildman–Crippen LogP) is 0.0891. The van der Waals surface area contributed by atoms with Crippen LogP contribution >= 0.6 is 0 Å². The Morgan fingerprint density at radius 2 is 1.88 bits per heavy atom. The van der Waals surface area contributed by atoms with Gasteiger partial charge in [-0.2, -0.15) is 0 Å². The summed E-state index contributed by atoms with van der Waals surface area (Å²) in [6, 6.07) is 0. The minimum Gasteiger partial charge on any atom is -0.383 e. The third-order valence-electron chi connectivity index (χ3n) is 3.48. The molecule has 1 heterocycles. The van der Waals surface area contributed by atoms with Gasteiger partial charge in [0.05, 0.1) is 25.4 Å². The van der Waals surface area contributed by atoms with Crippen LogP contribution in [0.5, 0.6) is 0 Å². The molecular formula is C12H26N2O3. The quantitative estimate of drug-likeness (QED) is 0.658. The fourth-order valence-corrected chi connectivity index (χ4v) is 2.37. The van der Waals surface area contributed by atoms with Crippen molar-refractivity contribution < 1.29 is 14.2 Å². The van der Waals surface area contributed by atoms with E-state index >= 15 is 0 Å². The smallest absolute Gasteiger partial charge is 0.0662 e. The van der Waals surface area contributed by atoms with E-state index in [1.54, 1.807) is 14.2 Å². The summed E-state index contributed by atoms with van der Waals surface area (Å²) in [6.45, 7) is 5.37. The van der Waals surface area contributed by atoms with Gasteiger partial charge in [0.25, 0.3) is 0 Å². The molecule has 1 rings (SSSR count). The molecule has 1 atom stereocenters. The number of nitrogens with zero attached hydrogens (tertiary/aromatic N) is 1. The molecule has 0 spiro atoms. The number of hydrogen-bond donors (Lipinski definition) is 1. The first-order valence-electron chi connectivity index (χ1n) is 6.30. The van der Waals surface area contributed by atoms with E-state index in [-0.39, 0.29) is 5.54 Å². The molecule has 0 amide bonds. The minimum atomic E-state index is -0.0324. The zero-order chi connectivity index (χ0) is 12.6. The second-order valence-corrected chi connectivity index (χ2v) is 4.56. The zero-order valence-corrected chi connectivity index (χ0v) is 11.1. The predicted molar refractivity (Wildman–Crippen MR) is 67.2 cm³/mol. The van der Waals surface area contributed by atoms with Crippen molar-refractivity contribution in [3.63, 3.8) is 0 Å². The van der Waals surface area contributed by atoms with Crippen LogP contribution in [-0.2, 0) is 14.2 Å². The summed E-state index contributed by atoms with van der Waals surface area (Å²) in [4.78, 5) is 2.36. The molecule has 1 saturated heterocycles. The van der Waals surface area contributed by atoms with Gasteiger partial charge in [-0.15, -0.1) is 0 Å². The number of hydrogen-bond acceptors (Lipinski definition) is 5. The van der Waals surface area contributed by atoms with Crippen molar-refractivity contribution in [3.8, 4) is 0 Å². The molecule has 0 bridgehead atoms. The highest BCUT2D eigenvalue weighted by atomic mass is 16.5. The second kappa shape index (κ2) is 8.00. The summed E-state index contributed by atoms with van der Waals surface area (Å²) in [5, 5.41) is 0. The lowest BCUT2D eigenvalue weighted by atomic mass is 9.90. The number of methoxy groups -OCH3 is 2. The molecule has 0 aromatic rings. The highest BCUT2D eigenvalue weighted by molar-refractivity contribution is 4.93. The van der Waals surface area contributed by atoms with Crippen LogP contribution in [0.4, 0.5) is 0 Å². The maximum Gasteiger partial charge on any atom is 0.0662 e. The number of rotatable bonds is 8. The molecule has 1 aliphatic heterocycles. The molecule has 102 valence electrons. The Bertz CT molecular complexity index is 188. The lowest BCUT2D eigenvalue weighted by Crippen LogP contribution is -2.60. The molecule has 0 radical (unpaired) electrons. The molecule has 17 heavy (non-hydrogen) atoms. The van der Waals surface area contributed by atoms with Crippen LogP contribution in [0.25, 0.3) is 0 Å². The highest BCUT2D eigenvalue weighted by Crippen LogP contribution is 2.25. The standard InChI is InChI=1S/C12H26N2O3/c1-15-8-5-14(6-9-16-2)12(10-13)4-3-7-17-11-12/h3-11,13H2,1-2H3. The van der Waals surface area contributed by atoms with Crippen LogP contribution in [0.3, 0.4) is 0 Å². The van der Waals surface area contributed by atoms with Gasteiger partial charge in [-0.25, -0.2) is 0 Å². The van der Waals surface area contributed by atoms with E-state index in [1.807, 2.05) is 0 Å². The van der Waals surface area contributed by atoms with Gasteiger partial charge in [-0.1, -0.05) is 0 Å². The molecular weight excluding hydrogens is 220 g/mol. The van der Waals surface area contributed by atoms with Crippen molar-refractivity contribution in [2.75, 3.05) is 60.3 Å². The van der Waals surface area contributed by atoms with Crippen LogP contribution in [0.15, 0.2) is 0 Å². The van der Waals surface area contributed by atoms with E-state index in [0.717, 1.165) is 39.1 Å². The molecule has 0 aromatic carbocycles. The second-order valence-electron chi connectivity index (χ2n) is 4.56. The third-order valence-corrected chi connectivity index (χ3v) is 3.48. The molecule has 0 aromatic heterocycles. The fraction of sp³-hybridized carbons (Fsp3) is 1.00. The van der Waals surface area contributed by atoms with E-state index in [9.17, 15) is 0 Å². The van der Waals surface area contributed by atoms with Gasteiger partial charge in [0.15, 0.2) is 0 Å². The molecule has 1 aliphatic rings. The zero-order valence-electron chi connectivity index (χ0n) is 11.1. The Morgan fingerprint density at radius 3 is 2.29 bits per heavy atom. The van der Waals surface area contributed by atoms with Gasteiger partial charge in [-0.3, -0.25) is 4.90 Å². The summed E-state index contributed by atoms with van der Waals surface area (Å²) < 4.78 is 16.0. The Morgan fingerprint density at radius 1 is 1.24 bits per heavy atom. The summed E-state index contributed by atoms with van der Waals surface area (Å²) in [5.74, 6) is 0. The van der Waals surface area contributed by atoms with Crippen LogP contribution in [0, 0.1) is 0 Å². The molecule has 0 saturated carbocycles. The SMILES string of the molecule is COCCN(CCOC)C1(CN)CCCOC1. The van der Waals surface area contributed by atoms with Gasteiger partial charge in [0.2, 0.25) is 0 Å². The maximum atomic E-state index is 5.98. The summed E-state index contributed by atoms with van der Waals surface area (Å²) in [6.07, 6.45) is 2.17. The van der Waals surface area contributed by atoms with E-state index in [0.29, 0.717) is 19.8 Å². The van der Waals surface area contributed by atoms with Crippen molar-refractivity contribution in [2.45, 2.75) is 18.4 Å². The van der Waals surface area contributed by atoms with Crippen LogP contribution < -0.4 is 5.73 Å². The van der Waals surface area contributed by atoms with Gasteiger partial charge in [0, 0.05) is 40.5 Å². The number of ether oxygens (including phenoxy) is 3. The molecule has 5 nitrogen and oxygen atoms in total. The van der Waals surface area contributed by atoms with Crippen molar-refractivity contribution in [1.82, 2.24) is 4.90 Å².